The summed E-state index contributed by atoms with van der Waals surface area (Å²) >= 11 is 4.61. The van der Waals surface area contributed by atoms with Gasteiger partial charge in [0.15, 0.2) is 0 Å². The zero-order valence-electron chi connectivity index (χ0n) is 8.50. The summed E-state index contributed by atoms with van der Waals surface area (Å²) in [5.41, 5.74) is 6.52. The number of rotatable bonds is 3. The van der Waals surface area contributed by atoms with Crippen LogP contribution in [0.1, 0.15) is 11.7 Å². The molecule has 0 spiro atoms. The Morgan fingerprint density at radius 3 is 2.88 bits per heavy atom. The van der Waals surface area contributed by atoms with Gasteiger partial charge in [0.2, 0.25) is 0 Å². The Kier molecular flexibility index (Phi) is 3.51. The van der Waals surface area contributed by atoms with E-state index >= 15 is 0 Å². The Hall–Kier alpha value is -1.31. The summed E-state index contributed by atoms with van der Waals surface area (Å²) in [5, 5.41) is 11.1. The summed E-state index contributed by atoms with van der Waals surface area (Å²) in [6.07, 6.45) is 1.66. The fraction of sp³-hybridized carbons (Fsp3) is 0.100. The first-order chi connectivity index (χ1) is 8.08. The van der Waals surface area contributed by atoms with Gasteiger partial charge in [-0.15, -0.1) is 11.3 Å². The smallest absolute Gasteiger partial charge is 0.326 e. The van der Waals surface area contributed by atoms with E-state index in [4.69, 9.17) is 10.8 Å². The van der Waals surface area contributed by atoms with Crippen LogP contribution in [0.2, 0.25) is 0 Å². The van der Waals surface area contributed by atoms with Gasteiger partial charge in [0.1, 0.15) is 11.0 Å². The van der Waals surface area contributed by atoms with Crippen molar-refractivity contribution in [1.29, 1.82) is 0 Å². The Bertz CT molecular complexity index is 541. The molecule has 3 N–H and O–H groups in total. The number of carboxylic acid groups (broad SMARTS) is 1. The van der Waals surface area contributed by atoms with Crippen LogP contribution < -0.4 is 5.73 Å². The summed E-state index contributed by atoms with van der Waals surface area (Å²) in [6, 6.07) is 2.56. The molecule has 5 nitrogen and oxygen atoms in total. The highest BCUT2D eigenvalue weighted by molar-refractivity contribution is 9.10. The molecule has 0 saturated carbocycles. The fourth-order valence-corrected chi connectivity index (χ4v) is 2.24. The molecule has 0 radical (unpaired) electrons. The number of hydrogen-bond donors (Lipinski definition) is 2. The highest BCUT2D eigenvalue weighted by atomic mass is 79.9. The molecule has 88 valence electrons. The predicted octanol–water partition coefficient (Wildman–Crippen LogP) is 2.05. The van der Waals surface area contributed by atoms with E-state index in [-0.39, 0.29) is 0 Å². The van der Waals surface area contributed by atoms with Crippen LogP contribution >= 0.6 is 27.3 Å². The molecule has 1 atom stereocenters. The molecule has 0 fully saturated rings. The van der Waals surface area contributed by atoms with Crippen molar-refractivity contribution in [2.75, 3.05) is 0 Å². The summed E-state index contributed by atoms with van der Waals surface area (Å²) < 4.78 is 0.875. The van der Waals surface area contributed by atoms with E-state index in [1.165, 1.54) is 11.3 Å². The number of aliphatic carboxylic acids is 1. The number of carbonyl (C=O) groups is 1. The van der Waals surface area contributed by atoms with Crippen LogP contribution in [0.3, 0.4) is 0 Å². The molecule has 0 aliphatic heterocycles. The van der Waals surface area contributed by atoms with Crippen LogP contribution in [0.25, 0.3) is 10.7 Å². The summed E-state index contributed by atoms with van der Waals surface area (Å²) in [7, 11) is 0. The number of hydrogen-bond acceptors (Lipinski definition) is 5. The number of nitrogens with two attached hydrogens (primary N) is 1. The second kappa shape index (κ2) is 4.91. The van der Waals surface area contributed by atoms with Gasteiger partial charge in [-0.25, -0.2) is 4.98 Å². The summed E-state index contributed by atoms with van der Waals surface area (Å²) in [6.45, 7) is 0. The monoisotopic (exact) mass is 313 g/mol. The Morgan fingerprint density at radius 1 is 1.53 bits per heavy atom. The third-order valence-corrected chi connectivity index (χ3v) is 3.41. The van der Waals surface area contributed by atoms with Gasteiger partial charge in [0.05, 0.1) is 11.4 Å². The van der Waals surface area contributed by atoms with Gasteiger partial charge in [0, 0.05) is 16.0 Å². The minimum absolute atomic E-state index is 0.349. The summed E-state index contributed by atoms with van der Waals surface area (Å²) in [4.78, 5) is 19.1. The van der Waals surface area contributed by atoms with Crippen LogP contribution in [0.4, 0.5) is 0 Å². The van der Waals surface area contributed by atoms with Gasteiger partial charge in [-0.05, 0) is 28.1 Å². The van der Waals surface area contributed by atoms with E-state index in [1.54, 1.807) is 17.6 Å². The molecule has 0 saturated heterocycles. The maximum atomic E-state index is 10.7. The largest absolute Gasteiger partial charge is 0.480 e. The van der Waals surface area contributed by atoms with Crippen molar-refractivity contribution in [3.05, 3.63) is 33.9 Å². The van der Waals surface area contributed by atoms with Crippen LogP contribution in [-0.2, 0) is 4.79 Å². The maximum Gasteiger partial charge on any atom is 0.326 e. The van der Waals surface area contributed by atoms with E-state index in [1.807, 2.05) is 6.07 Å². The predicted molar refractivity (Wildman–Crippen MR) is 67.6 cm³/mol. The molecule has 2 rings (SSSR count). The Labute approximate surface area is 109 Å². The lowest BCUT2D eigenvalue weighted by atomic mass is 10.2. The lowest BCUT2D eigenvalue weighted by Crippen LogP contribution is -2.20. The topological polar surface area (TPSA) is 89.1 Å². The maximum absolute atomic E-state index is 10.7. The van der Waals surface area contributed by atoms with Gasteiger partial charge < -0.3 is 10.8 Å². The van der Waals surface area contributed by atoms with Crippen molar-refractivity contribution >= 4 is 33.2 Å². The Balaban J connectivity index is 2.29. The van der Waals surface area contributed by atoms with Crippen molar-refractivity contribution < 1.29 is 9.90 Å². The average molecular weight is 314 g/mol. The second-order valence-corrected chi connectivity index (χ2v) is 5.03. The van der Waals surface area contributed by atoms with E-state index in [2.05, 4.69) is 25.9 Å². The molecule has 0 bridgehead atoms. The van der Waals surface area contributed by atoms with E-state index in [0.717, 1.165) is 4.47 Å². The lowest BCUT2D eigenvalue weighted by Gasteiger charge is -2.00. The third-order valence-electron chi connectivity index (χ3n) is 2.05. The zero-order chi connectivity index (χ0) is 12.4. The number of aromatic nitrogens is 2. The normalized spacial score (nSPS) is 12.4. The highest BCUT2D eigenvalue weighted by Crippen LogP contribution is 2.24. The molecule has 0 aliphatic rings. The molecular formula is C10H8BrN3O2S. The van der Waals surface area contributed by atoms with E-state index < -0.39 is 12.0 Å². The van der Waals surface area contributed by atoms with Gasteiger partial charge in [-0.1, -0.05) is 0 Å². The van der Waals surface area contributed by atoms with Gasteiger partial charge in [0.25, 0.3) is 0 Å². The van der Waals surface area contributed by atoms with Crippen molar-refractivity contribution in [1.82, 2.24) is 9.97 Å². The van der Waals surface area contributed by atoms with Crippen molar-refractivity contribution in [3.63, 3.8) is 0 Å². The zero-order valence-corrected chi connectivity index (χ0v) is 10.9. The first kappa shape index (κ1) is 12.2. The number of carboxylic acids is 1. The first-order valence-corrected chi connectivity index (χ1v) is 6.31. The number of nitrogens with zero attached hydrogens (tertiary/aromatic N) is 2. The number of halogens is 1. The molecule has 2 aromatic rings. The quantitative estimate of drug-likeness (QED) is 0.905. The molecular weight excluding hydrogens is 306 g/mol. The van der Waals surface area contributed by atoms with Crippen molar-refractivity contribution in [3.8, 4) is 10.7 Å². The van der Waals surface area contributed by atoms with Gasteiger partial charge >= 0.3 is 5.97 Å². The van der Waals surface area contributed by atoms with Gasteiger partial charge in [-0.2, -0.15) is 0 Å². The molecule has 0 amide bonds. The molecule has 0 aliphatic carbocycles. The van der Waals surface area contributed by atoms with E-state index in [0.29, 0.717) is 16.4 Å². The van der Waals surface area contributed by atoms with Crippen LogP contribution in [0.15, 0.2) is 28.2 Å². The van der Waals surface area contributed by atoms with Crippen LogP contribution in [0.5, 0.6) is 0 Å². The SMILES string of the molecule is NC(C(=O)O)c1csc(-c2ccc(Br)cn2)n1. The summed E-state index contributed by atoms with van der Waals surface area (Å²) in [5.74, 6) is -1.09. The highest BCUT2D eigenvalue weighted by Gasteiger charge is 2.18. The lowest BCUT2D eigenvalue weighted by molar-refractivity contribution is -0.138. The molecule has 7 heteroatoms. The standard InChI is InChI=1S/C10H8BrN3O2S/c11-5-1-2-6(13-3-5)9-14-7(4-17-9)8(12)10(15)16/h1-4,8H,12H2,(H,15,16). The average Bonchev–Trinajstić information content (AvgIpc) is 2.78. The Morgan fingerprint density at radius 2 is 2.29 bits per heavy atom. The molecule has 0 aromatic carbocycles. The van der Waals surface area contributed by atoms with E-state index in [9.17, 15) is 4.79 Å². The first-order valence-electron chi connectivity index (χ1n) is 4.63. The van der Waals surface area contributed by atoms with Crippen LogP contribution in [-0.4, -0.2) is 21.0 Å². The minimum Gasteiger partial charge on any atom is -0.480 e. The molecule has 1 unspecified atom stereocenters. The minimum atomic E-state index is -1.09. The second-order valence-electron chi connectivity index (χ2n) is 3.26. The molecule has 2 heterocycles. The van der Waals surface area contributed by atoms with Crippen molar-refractivity contribution in [2.24, 2.45) is 5.73 Å². The van der Waals surface area contributed by atoms with Crippen molar-refractivity contribution in [2.45, 2.75) is 6.04 Å². The fourth-order valence-electron chi connectivity index (χ4n) is 1.18. The molecule has 17 heavy (non-hydrogen) atoms. The third kappa shape index (κ3) is 2.68. The van der Waals surface area contributed by atoms with Crippen LogP contribution in [0, 0.1) is 0 Å². The van der Waals surface area contributed by atoms with Gasteiger partial charge in [-0.3, -0.25) is 9.78 Å². The number of pyridine rings is 1. The molecule has 2 aromatic heterocycles. The number of thiazole rings is 1.